The third-order valence-corrected chi connectivity index (χ3v) is 15.2. The van der Waals surface area contributed by atoms with Crippen LogP contribution in [-0.2, 0) is 44.5 Å². The van der Waals surface area contributed by atoms with Crippen molar-refractivity contribution in [3.05, 3.63) is 269 Å². The first kappa shape index (κ1) is 66.2. The molecule has 0 aliphatic carbocycles. The van der Waals surface area contributed by atoms with E-state index in [0.717, 1.165) is 43.5 Å². The molecule has 9 rings (SSSR count). The summed E-state index contributed by atoms with van der Waals surface area (Å²) in [5, 5.41) is 2.91. The molecule has 0 amide bonds. The van der Waals surface area contributed by atoms with Gasteiger partial charge >= 0.3 is 12.4 Å². The Labute approximate surface area is 508 Å². The van der Waals surface area contributed by atoms with E-state index in [1.54, 1.807) is 61.7 Å². The van der Waals surface area contributed by atoms with Crippen molar-refractivity contribution in [2.45, 2.75) is 51.1 Å². The monoisotopic (exact) mass is 1290 g/mol. The quantitative estimate of drug-likeness (QED) is 0.0276. The second kappa shape index (κ2) is 29.7. The SMILES string of the molecule is NC(=S)c1ccccc1.O=C(CBr)c1ccccc1.[C-]#[N+]c1c(C(F)(F)F)cc(-c2cccc(C)c2)n(CC(=O)COS(=O)(=O)c2ccc(C)cc2)c1=O.[C-]#[N+]c1c(C(F)(F)F)cc(-c2cccc(C)c2)n(Cc2csc(-c3ccccc3)n2)c1=O. The minimum atomic E-state index is -4.98. The van der Waals surface area contributed by atoms with Gasteiger partial charge < -0.3 is 14.9 Å². The molecule has 0 atom stereocenters. The lowest BCUT2D eigenvalue weighted by Gasteiger charge is -2.18. The molecule has 13 nitrogen and oxygen atoms in total. The first-order chi connectivity index (χ1) is 40.8. The average molecular weight is 1290 g/mol. The minimum absolute atomic E-state index is 0.0495. The molecule has 23 heteroatoms. The molecule has 0 aliphatic rings. The molecule has 3 aromatic heterocycles. The summed E-state index contributed by atoms with van der Waals surface area (Å²) in [6, 6.07) is 48.6. The summed E-state index contributed by atoms with van der Waals surface area (Å²) in [6.07, 6.45) is -9.80. The zero-order valence-corrected chi connectivity index (χ0v) is 49.7. The molecular weight excluding hydrogens is 1240 g/mol. The van der Waals surface area contributed by atoms with Gasteiger partial charge in [0.1, 0.15) is 16.6 Å². The predicted molar refractivity (Wildman–Crippen MR) is 327 cm³/mol. The number of aromatic nitrogens is 3. The highest BCUT2D eigenvalue weighted by Gasteiger charge is 2.38. The van der Waals surface area contributed by atoms with Crippen LogP contribution < -0.4 is 16.9 Å². The number of nitrogens with zero attached hydrogens (tertiary/aromatic N) is 5. The number of alkyl halides is 7. The molecule has 86 heavy (non-hydrogen) atoms. The fourth-order valence-corrected chi connectivity index (χ4v) is 10.2. The molecule has 0 spiro atoms. The van der Waals surface area contributed by atoms with E-state index in [-0.39, 0.29) is 34.2 Å². The molecule has 0 bridgehead atoms. The van der Waals surface area contributed by atoms with Crippen molar-refractivity contribution in [3.8, 4) is 33.1 Å². The normalized spacial score (nSPS) is 11.0. The van der Waals surface area contributed by atoms with Crippen molar-refractivity contribution in [2.24, 2.45) is 5.73 Å². The Bertz CT molecular complexity index is 4220. The number of pyridine rings is 2. The number of hydrogen-bond donors (Lipinski definition) is 1. The third-order valence-electron chi connectivity index (χ3n) is 12.2. The Balaban J connectivity index is 0.000000211. The van der Waals surface area contributed by atoms with Gasteiger partial charge in [0.05, 0.1) is 53.3 Å². The van der Waals surface area contributed by atoms with Crippen molar-refractivity contribution < 1.29 is 48.5 Å². The van der Waals surface area contributed by atoms with Crippen molar-refractivity contribution in [2.75, 3.05) is 11.9 Å². The predicted octanol–water partition coefficient (Wildman–Crippen LogP) is 14.8. The number of halogens is 7. The molecule has 3 heterocycles. The van der Waals surface area contributed by atoms with Gasteiger partial charge in [-0.2, -0.15) is 34.8 Å². The van der Waals surface area contributed by atoms with Gasteiger partial charge in [-0.25, -0.2) is 14.7 Å². The standard InChI is InChI=1S/C24H16F3N3OS.C24H19F3N2O5S.C8H7BrO.C7H7NS/c1-15-7-6-10-17(11-15)20-12-19(24(25,26)27)21(28-2)23(31)30(20)13-18-14-32-22(29-18)16-8-4-3-5-9-16;1-15-7-9-19(10-8-15)35(32,33)34-14-18(30)13-29-21(17-6-4-5-16(2)11-17)12-20(24(25,26)27)22(28-3)23(29)31;9-6-8(10)7-4-2-1-3-5-7;8-7(9)6-4-2-1-3-5-6/h3-12,14H,13H2,1H3;4-12H,13-14H2,1-2H3;1-5H,6H2;1-5H,(H2,8,9). The number of thiazole rings is 1. The lowest BCUT2D eigenvalue weighted by atomic mass is 10.0. The first-order valence-corrected chi connectivity index (χ1v) is 29.1. The Hall–Kier alpha value is -8.97. The summed E-state index contributed by atoms with van der Waals surface area (Å²) in [5.74, 6) is -0.770. The second-order valence-electron chi connectivity index (χ2n) is 18.6. The van der Waals surface area contributed by atoms with Gasteiger partial charge in [0, 0.05) is 33.5 Å². The van der Waals surface area contributed by atoms with Gasteiger partial charge in [0.2, 0.25) is 0 Å². The summed E-state index contributed by atoms with van der Waals surface area (Å²) in [6.45, 7) is 17.8. The van der Waals surface area contributed by atoms with Gasteiger partial charge in [-0.1, -0.05) is 184 Å². The number of aryl methyl sites for hydroxylation is 3. The molecule has 9 aromatic rings. The number of nitrogens with two attached hydrogens (primary N) is 1. The number of rotatable bonds is 14. The molecule has 2 N–H and O–H groups in total. The Morgan fingerprint density at radius 1 is 0.640 bits per heavy atom. The topological polar surface area (TPSA) is 169 Å². The highest BCUT2D eigenvalue weighted by molar-refractivity contribution is 9.09. The molecule has 0 radical (unpaired) electrons. The first-order valence-electron chi connectivity index (χ1n) is 25.3. The van der Waals surface area contributed by atoms with E-state index in [0.29, 0.717) is 33.2 Å². The number of ketones is 2. The summed E-state index contributed by atoms with van der Waals surface area (Å²) in [7, 11) is -4.29. The van der Waals surface area contributed by atoms with Gasteiger partial charge in [-0.3, -0.25) is 23.4 Å². The molecule has 440 valence electrons. The minimum Gasteiger partial charge on any atom is -0.389 e. The van der Waals surface area contributed by atoms with E-state index in [9.17, 15) is 53.9 Å². The van der Waals surface area contributed by atoms with Crippen molar-refractivity contribution in [3.63, 3.8) is 0 Å². The summed E-state index contributed by atoms with van der Waals surface area (Å²) < 4.78 is 113. The smallest absolute Gasteiger partial charge is 0.389 e. The Kier molecular flexibility index (Phi) is 22.9. The third kappa shape index (κ3) is 17.8. The number of carbonyl (C=O) groups excluding carboxylic acids is 2. The number of hydrogen-bond acceptors (Lipinski definition) is 10. The fraction of sp³-hybridized carbons (Fsp3) is 0.143. The summed E-state index contributed by atoms with van der Waals surface area (Å²) in [5.41, 5.74) is 4.24. The highest BCUT2D eigenvalue weighted by Crippen LogP contribution is 2.39. The van der Waals surface area contributed by atoms with Crippen molar-refractivity contribution in [1.29, 1.82) is 0 Å². The van der Waals surface area contributed by atoms with Crippen LogP contribution in [0.15, 0.2) is 196 Å². The number of thiocarbonyl (C=S) groups is 1. The summed E-state index contributed by atoms with van der Waals surface area (Å²) in [4.78, 5) is 60.0. The van der Waals surface area contributed by atoms with E-state index >= 15 is 0 Å². The van der Waals surface area contributed by atoms with E-state index in [2.05, 4.69) is 30.6 Å². The van der Waals surface area contributed by atoms with Crippen LogP contribution in [0.1, 0.15) is 49.4 Å². The molecule has 6 aromatic carbocycles. The van der Waals surface area contributed by atoms with Crippen LogP contribution in [0.2, 0.25) is 0 Å². The van der Waals surface area contributed by atoms with Crippen LogP contribution in [0.3, 0.4) is 0 Å². The maximum Gasteiger partial charge on any atom is 0.407 e. The number of benzene rings is 6. The molecule has 0 aliphatic heterocycles. The fourth-order valence-electron chi connectivity index (χ4n) is 8.02. The van der Waals surface area contributed by atoms with E-state index in [1.165, 1.54) is 40.2 Å². The van der Waals surface area contributed by atoms with Gasteiger partial charge in [-0.15, -0.1) is 11.3 Å². The van der Waals surface area contributed by atoms with E-state index < -0.39 is 75.0 Å². The summed E-state index contributed by atoms with van der Waals surface area (Å²) >= 11 is 9.22. The lowest BCUT2D eigenvalue weighted by Crippen LogP contribution is -2.29. The molecule has 0 fully saturated rings. The van der Waals surface area contributed by atoms with E-state index in [1.807, 2.05) is 104 Å². The van der Waals surface area contributed by atoms with Crippen LogP contribution in [0.25, 0.3) is 42.8 Å². The maximum absolute atomic E-state index is 13.6. The van der Waals surface area contributed by atoms with Crippen molar-refractivity contribution in [1.82, 2.24) is 14.1 Å². The zero-order valence-electron chi connectivity index (χ0n) is 45.7. The molecule has 0 saturated heterocycles. The van der Waals surface area contributed by atoms with Gasteiger partial charge in [0.25, 0.3) is 32.6 Å². The second-order valence-corrected chi connectivity index (χ2v) is 22.0. The van der Waals surface area contributed by atoms with Gasteiger partial charge in [-0.05, 0) is 68.3 Å². The van der Waals surface area contributed by atoms with Crippen LogP contribution >= 0.6 is 39.5 Å². The largest absolute Gasteiger partial charge is 0.407 e. The van der Waals surface area contributed by atoms with Crippen molar-refractivity contribution >= 4 is 77.5 Å². The maximum atomic E-state index is 13.6. The Morgan fingerprint density at radius 3 is 1.53 bits per heavy atom. The van der Waals surface area contributed by atoms with Crippen LogP contribution in [-0.4, -0.2) is 51.0 Å². The Morgan fingerprint density at radius 2 is 1.09 bits per heavy atom. The van der Waals surface area contributed by atoms with E-state index in [4.69, 9.17) is 35.3 Å². The van der Waals surface area contributed by atoms with Crippen LogP contribution in [0.5, 0.6) is 0 Å². The van der Waals surface area contributed by atoms with Crippen LogP contribution in [0.4, 0.5) is 37.7 Å². The molecule has 0 saturated carbocycles. The highest BCUT2D eigenvalue weighted by atomic mass is 79.9. The average Bonchev–Trinajstić information content (AvgIpc) is 1.19. The molecular formula is C63H49BrF6N6O7S3. The number of carbonyl (C=O) groups is 2. The zero-order chi connectivity index (χ0) is 62.9. The lowest BCUT2D eigenvalue weighted by molar-refractivity contribution is -0.137. The molecule has 0 unspecified atom stereocenters. The van der Waals surface area contributed by atoms with Crippen LogP contribution in [0, 0.1) is 33.9 Å². The van der Waals surface area contributed by atoms with Gasteiger partial charge in [0.15, 0.2) is 11.6 Å². The number of Topliss-reactive ketones (excluding diaryl/α,β-unsaturated/α-hetero) is 2.